The molecule has 2 saturated heterocycles. The molecule has 3 atom stereocenters. The van der Waals surface area contributed by atoms with Gasteiger partial charge in [-0.1, -0.05) is 0 Å². The Morgan fingerprint density at radius 2 is 2.17 bits per heavy atom. The molecule has 0 aromatic heterocycles. The van der Waals surface area contributed by atoms with Gasteiger partial charge in [0, 0.05) is 0 Å². The first-order valence-corrected chi connectivity index (χ1v) is 4.05. The van der Waals surface area contributed by atoms with Crippen LogP contribution in [-0.2, 0) is 19.0 Å². The van der Waals surface area contributed by atoms with E-state index >= 15 is 0 Å². The van der Waals surface area contributed by atoms with Crippen molar-refractivity contribution in [1.82, 2.24) is 0 Å². The van der Waals surface area contributed by atoms with E-state index in [4.69, 9.17) is 14.2 Å². The molecule has 12 heavy (non-hydrogen) atoms. The zero-order valence-corrected chi connectivity index (χ0v) is 7.15. The smallest absolute Gasteiger partial charge is 0.164 e. The monoisotopic (exact) mass is 172 g/mol. The number of fused-ring (bicyclic) bond motifs is 1. The molecule has 0 aromatic rings. The van der Waals surface area contributed by atoms with Gasteiger partial charge in [0.15, 0.2) is 12.1 Å². The van der Waals surface area contributed by atoms with Crippen LogP contribution >= 0.6 is 0 Å². The summed E-state index contributed by atoms with van der Waals surface area (Å²) < 4.78 is 16.1. The minimum absolute atomic E-state index is 0.0739. The van der Waals surface area contributed by atoms with E-state index in [1.54, 1.807) is 0 Å². The second-order valence-electron chi connectivity index (χ2n) is 3.57. The average Bonchev–Trinajstić information content (AvgIpc) is 2.42. The third kappa shape index (κ3) is 1.16. The first-order valence-electron chi connectivity index (χ1n) is 4.05. The third-order valence-electron chi connectivity index (χ3n) is 2.13. The highest BCUT2D eigenvalue weighted by molar-refractivity contribution is 5.58. The standard InChI is InChI=1S/C8H12O4/c1-8(2)11-6-4-10-5(3-9)7(6)12-8/h3,5-7H,4H2,1-2H3/t5-,6?,7?/m0/s1. The molecule has 0 radical (unpaired) electrons. The molecule has 2 heterocycles. The SMILES string of the molecule is CC1(C)OC2CO[C@@H](C=O)C2O1. The molecule has 2 aliphatic heterocycles. The Bertz CT molecular complexity index is 201. The minimum Gasteiger partial charge on any atom is -0.365 e. The fraction of sp³-hybridized carbons (Fsp3) is 0.875. The van der Waals surface area contributed by atoms with E-state index in [0.717, 1.165) is 6.29 Å². The summed E-state index contributed by atoms with van der Waals surface area (Å²) in [6, 6.07) is 0. The normalized spacial score (nSPS) is 44.3. The van der Waals surface area contributed by atoms with Crippen molar-refractivity contribution in [2.75, 3.05) is 6.61 Å². The number of rotatable bonds is 1. The Hall–Kier alpha value is -0.450. The maximum Gasteiger partial charge on any atom is 0.164 e. The summed E-state index contributed by atoms with van der Waals surface area (Å²) in [6.07, 6.45) is 0.0413. The zero-order valence-electron chi connectivity index (χ0n) is 7.15. The van der Waals surface area contributed by atoms with Gasteiger partial charge in [0.25, 0.3) is 0 Å². The van der Waals surface area contributed by atoms with E-state index in [1.165, 1.54) is 0 Å². The summed E-state index contributed by atoms with van der Waals surface area (Å²) in [5.41, 5.74) is 0. The number of ether oxygens (including phenoxy) is 3. The van der Waals surface area contributed by atoms with Gasteiger partial charge < -0.3 is 19.0 Å². The molecule has 0 aromatic carbocycles. The summed E-state index contributed by atoms with van der Waals surface area (Å²) in [5, 5.41) is 0. The molecule has 2 unspecified atom stereocenters. The van der Waals surface area contributed by atoms with Gasteiger partial charge in [-0.2, -0.15) is 0 Å². The van der Waals surface area contributed by atoms with Gasteiger partial charge in [-0.15, -0.1) is 0 Å². The number of carbonyl (C=O) groups is 1. The fourth-order valence-corrected chi connectivity index (χ4v) is 1.69. The van der Waals surface area contributed by atoms with E-state index in [-0.39, 0.29) is 12.2 Å². The molecule has 2 rings (SSSR count). The van der Waals surface area contributed by atoms with Crippen molar-refractivity contribution in [3.8, 4) is 0 Å². The topological polar surface area (TPSA) is 44.8 Å². The number of hydrogen-bond acceptors (Lipinski definition) is 4. The van der Waals surface area contributed by atoms with Gasteiger partial charge in [-0.25, -0.2) is 0 Å². The van der Waals surface area contributed by atoms with Crippen molar-refractivity contribution in [3.05, 3.63) is 0 Å². The summed E-state index contributed by atoms with van der Waals surface area (Å²) in [4.78, 5) is 10.5. The van der Waals surface area contributed by atoms with Crippen molar-refractivity contribution >= 4 is 6.29 Å². The lowest BCUT2D eigenvalue weighted by molar-refractivity contribution is -0.174. The van der Waals surface area contributed by atoms with Crippen molar-refractivity contribution in [3.63, 3.8) is 0 Å². The highest BCUT2D eigenvalue weighted by Gasteiger charge is 2.49. The van der Waals surface area contributed by atoms with Crippen molar-refractivity contribution in [2.45, 2.75) is 37.9 Å². The van der Waals surface area contributed by atoms with Crippen LogP contribution in [0.25, 0.3) is 0 Å². The Morgan fingerprint density at radius 3 is 2.83 bits per heavy atom. The van der Waals surface area contributed by atoms with Gasteiger partial charge in [0.05, 0.1) is 6.61 Å². The summed E-state index contributed by atoms with van der Waals surface area (Å²) in [5.74, 6) is -0.569. The van der Waals surface area contributed by atoms with Gasteiger partial charge in [-0.05, 0) is 13.8 Å². The largest absolute Gasteiger partial charge is 0.365 e. The quantitative estimate of drug-likeness (QED) is 0.526. The van der Waals surface area contributed by atoms with Gasteiger partial charge in [-0.3, -0.25) is 0 Å². The summed E-state index contributed by atoms with van der Waals surface area (Å²) in [6.45, 7) is 4.14. The Balaban J connectivity index is 2.11. The lowest BCUT2D eigenvalue weighted by Gasteiger charge is -2.19. The molecule has 0 aliphatic carbocycles. The maximum absolute atomic E-state index is 10.5. The Morgan fingerprint density at radius 1 is 1.42 bits per heavy atom. The second kappa shape index (κ2) is 2.52. The first kappa shape index (κ1) is 8.16. The highest BCUT2D eigenvalue weighted by Crippen LogP contribution is 2.34. The number of carbonyl (C=O) groups excluding carboxylic acids is 1. The van der Waals surface area contributed by atoms with Gasteiger partial charge in [0.1, 0.15) is 18.3 Å². The molecule has 2 fully saturated rings. The van der Waals surface area contributed by atoms with Crippen molar-refractivity contribution in [1.29, 1.82) is 0 Å². The predicted molar refractivity (Wildman–Crippen MR) is 39.6 cm³/mol. The van der Waals surface area contributed by atoms with Crippen LogP contribution in [-0.4, -0.2) is 37.0 Å². The van der Waals surface area contributed by atoms with E-state index in [2.05, 4.69) is 0 Å². The Kier molecular flexibility index (Phi) is 1.71. The third-order valence-corrected chi connectivity index (χ3v) is 2.13. The molecule has 2 aliphatic rings. The average molecular weight is 172 g/mol. The van der Waals surface area contributed by atoms with Crippen LogP contribution in [0.5, 0.6) is 0 Å². The number of aldehydes is 1. The van der Waals surface area contributed by atoms with E-state index < -0.39 is 11.9 Å². The van der Waals surface area contributed by atoms with E-state index in [9.17, 15) is 4.79 Å². The molecular weight excluding hydrogens is 160 g/mol. The molecule has 0 spiro atoms. The van der Waals surface area contributed by atoms with Crippen LogP contribution in [0.1, 0.15) is 13.8 Å². The van der Waals surface area contributed by atoms with Crippen molar-refractivity contribution in [2.24, 2.45) is 0 Å². The predicted octanol–water partition coefficient (Wildman–Crippen LogP) is 0.104. The molecule has 68 valence electrons. The van der Waals surface area contributed by atoms with Gasteiger partial charge >= 0.3 is 0 Å². The minimum atomic E-state index is -0.569. The lowest BCUT2D eigenvalue weighted by atomic mass is 10.2. The molecule has 0 saturated carbocycles. The van der Waals surface area contributed by atoms with Crippen molar-refractivity contribution < 1.29 is 19.0 Å². The molecular formula is C8H12O4. The second-order valence-corrected chi connectivity index (χ2v) is 3.57. The fourth-order valence-electron chi connectivity index (χ4n) is 1.69. The lowest BCUT2D eigenvalue weighted by Crippen LogP contribution is -2.30. The van der Waals surface area contributed by atoms with Crippen LogP contribution < -0.4 is 0 Å². The zero-order chi connectivity index (χ0) is 8.77. The highest BCUT2D eigenvalue weighted by atomic mass is 16.8. The Labute approximate surface area is 70.8 Å². The maximum atomic E-state index is 10.5. The van der Waals surface area contributed by atoms with E-state index in [0.29, 0.717) is 6.61 Å². The molecule has 0 N–H and O–H groups in total. The summed E-state index contributed by atoms with van der Waals surface area (Å²) >= 11 is 0. The number of hydrogen-bond donors (Lipinski definition) is 0. The summed E-state index contributed by atoms with van der Waals surface area (Å²) in [7, 11) is 0. The van der Waals surface area contributed by atoms with Crippen LogP contribution in [0.15, 0.2) is 0 Å². The molecule has 0 bridgehead atoms. The van der Waals surface area contributed by atoms with Crippen LogP contribution in [0.4, 0.5) is 0 Å². The molecule has 4 heteroatoms. The van der Waals surface area contributed by atoms with Crippen LogP contribution in [0.2, 0.25) is 0 Å². The van der Waals surface area contributed by atoms with E-state index in [1.807, 2.05) is 13.8 Å². The van der Waals surface area contributed by atoms with Crippen LogP contribution in [0.3, 0.4) is 0 Å². The van der Waals surface area contributed by atoms with Crippen LogP contribution in [0, 0.1) is 0 Å². The molecule has 0 amide bonds. The van der Waals surface area contributed by atoms with Gasteiger partial charge in [0.2, 0.25) is 0 Å². The first-order chi connectivity index (χ1) is 5.62. The molecule has 4 nitrogen and oxygen atoms in total.